The molecule has 0 radical (unpaired) electrons. The van der Waals surface area contributed by atoms with E-state index in [1.807, 2.05) is 30.3 Å². The van der Waals surface area contributed by atoms with Crippen LogP contribution in [-0.2, 0) is 11.2 Å². The first-order valence-corrected chi connectivity index (χ1v) is 10.2. The highest BCUT2D eigenvalue weighted by atomic mass is 16.6. The van der Waals surface area contributed by atoms with Crippen molar-refractivity contribution in [1.82, 2.24) is 10.6 Å². The second-order valence-electron chi connectivity index (χ2n) is 8.77. The number of carbonyl (C=O) groups excluding carboxylic acids is 1. The van der Waals surface area contributed by atoms with E-state index in [-0.39, 0.29) is 23.0 Å². The van der Waals surface area contributed by atoms with Crippen molar-refractivity contribution in [1.29, 1.82) is 0 Å². The zero-order chi connectivity index (χ0) is 20.4. The third-order valence-corrected chi connectivity index (χ3v) is 6.13. The fraction of sp³-hybridized carbons (Fsp3) is 0.522. The summed E-state index contributed by atoms with van der Waals surface area (Å²) in [5.41, 5.74) is 1.79. The van der Waals surface area contributed by atoms with Crippen molar-refractivity contribution in [3.8, 4) is 0 Å². The summed E-state index contributed by atoms with van der Waals surface area (Å²) in [6.45, 7) is 11.8. The lowest BCUT2D eigenvalue weighted by Gasteiger charge is -2.39. The van der Waals surface area contributed by atoms with Crippen LogP contribution in [0.2, 0.25) is 0 Å². The lowest BCUT2D eigenvalue weighted by atomic mass is 9.74. The van der Waals surface area contributed by atoms with Crippen LogP contribution in [0.15, 0.2) is 48.3 Å². The summed E-state index contributed by atoms with van der Waals surface area (Å²) in [6.07, 6.45) is 7.81. The van der Waals surface area contributed by atoms with E-state index in [2.05, 4.69) is 62.7 Å². The van der Waals surface area contributed by atoms with Gasteiger partial charge in [0.2, 0.25) is 0 Å². The maximum absolute atomic E-state index is 12.5. The van der Waals surface area contributed by atoms with Gasteiger partial charge in [0.15, 0.2) is 0 Å². The van der Waals surface area contributed by atoms with Gasteiger partial charge < -0.3 is 10.1 Å². The summed E-state index contributed by atoms with van der Waals surface area (Å²) in [5.74, 6) is 0.823. The molecule has 5 heteroatoms. The van der Waals surface area contributed by atoms with E-state index in [0.29, 0.717) is 5.76 Å². The molecule has 0 saturated carbocycles. The molecule has 0 bridgehead atoms. The summed E-state index contributed by atoms with van der Waals surface area (Å²) in [6, 6.07) is 7.83. The third kappa shape index (κ3) is 4.65. The first kappa shape index (κ1) is 20.6. The van der Waals surface area contributed by atoms with E-state index in [1.165, 1.54) is 5.56 Å². The quantitative estimate of drug-likeness (QED) is 0.715. The molecule has 2 heterocycles. The van der Waals surface area contributed by atoms with Crippen molar-refractivity contribution in [2.24, 2.45) is 11.3 Å². The normalized spacial score (nSPS) is 32.1. The summed E-state index contributed by atoms with van der Waals surface area (Å²) in [7, 11) is 0. The third-order valence-electron chi connectivity index (χ3n) is 6.13. The van der Waals surface area contributed by atoms with Gasteiger partial charge in [0.05, 0.1) is 6.17 Å². The molecule has 2 aliphatic rings. The Morgan fingerprint density at radius 3 is 2.64 bits per heavy atom. The van der Waals surface area contributed by atoms with Crippen LogP contribution in [0.4, 0.5) is 10.5 Å². The number of carbonyl (C=O) groups is 1. The maximum Gasteiger partial charge on any atom is 0.417 e. The van der Waals surface area contributed by atoms with E-state index in [4.69, 9.17) is 4.74 Å². The van der Waals surface area contributed by atoms with E-state index in [0.717, 1.165) is 25.1 Å². The van der Waals surface area contributed by atoms with Crippen LogP contribution in [-0.4, -0.2) is 24.3 Å². The zero-order valence-electron chi connectivity index (χ0n) is 17.6. The van der Waals surface area contributed by atoms with Crippen LogP contribution in [0, 0.1) is 11.3 Å². The first-order valence-electron chi connectivity index (χ1n) is 10.2. The number of nitrogens with one attached hydrogen (secondary N) is 3. The molecule has 3 N–H and O–H groups in total. The number of benzene rings is 1. The zero-order valence-corrected chi connectivity index (χ0v) is 17.6. The number of allylic oxidation sites excluding steroid dienone is 2. The molecule has 0 spiro atoms. The molecule has 1 saturated heterocycles. The van der Waals surface area contributed by atoms with Gasteiger partial charge in [-0.05, 0) is 69.0 Å². The van der Waals surface area contributed by atoms with Gasteiger partial charge >= 0.3 is 6.09 Å². The number of ether oxygens (including phenoxy) is 1. The minimum absolute atomic E-state index is 0.0460. The molecule has 1 amide bonds. The Kier molecular flexibility index (Phi) is 5.96. The minimum atomic E-state index is -0.469. The van der Waals surface area contributed by atoms with Gasteiger partial charge in [-0.25, -0.2) is 4.79 Å². The van der Waals surface area contributed by atoms with E-state index in [1.54, 1.807) is 0 Å². The second-order valence-corrected chi connectivity index (χ2v) is 8.77. The van der Waals surface area contributed by atoms with Gasteiger partial charge in [0, 0.05) is 16.6 Å². The Balaban J connectivity index is 1.77. The Hall–Kier alpha value is -2.11. The Morgan fingerprint density at radius 1 is 1.25 bits per heavy atom. The average molecular weight is 384 g/mol. The van der Waals surface area contributed by atoms with Crippen molar-refractivity contribution >= 4 is 11.8 Å². The van der Waals surface area contributed by atoms with E-state index in [9.17, 15) is 4.79 Å². The Morgan fingerprint density at radius 2 is 1.96 bits per heavy atom. The van der Waals surface area contributed by atoms with Crippen molar-refractivity contribution in [3.05, 3.63) is 53.8 Å². The van der Waals surface area contributed by atoms with Crippen LogP contribution < -0.4 is 16.0 Å². The number of amides is 1. The summed E-state index contributed by atoms with van der Waals surface area (Å²) in [5, 5.41) is 10.1. The number of hydrogen-bond donors (Lipinski definition) is 3. The number of hydrogen-bond acceptors (Lipinski definition) is 4. The topological polar surface area (TPSA) is 62.4 Å². The number of fused-ring (bicyclic) bond motifs is 1. The summed E-state index contributed by atoms with van der Waals surface area (Å²) >= 11 is 0. The molecule has 152 valence electrons. The average Bonchev–Trinajstić information content (AvgIpc) is 3.01. The van der Waals surface area contributed by atoms with Gasteiger partial charge in [-0.3, -0.25) is 10.6 Å². The van der Waals surface area contributed by atoms with Gasteiger partial charge in [0.25, 0.3) is 0 Å². The second kappa shape index (κ2) is 8.10. The molecule has 0 aromatic heterocycles. The van der Waals surface area contributed by atoms with Crippen LogP contribution in [0.1, 0.15) is 46.6 Å². The van der Waals surface area contributed by atoms with Crippen LogP contribution in [0.5, 0.6) is 0 Å². The van der Waals surface area contributed by atoms with Gasteiger partial charge in [-0.15, -0.1) is 0 Å². The largest absolute Gasteiger partial charge is 0.417 e. The maximum atomic E-state index is 12.5. The highest BCUT2D eigenvalue weighted by Crippen LogP contribution is 2.40. The molecule has 5 nitrogen and oxygen atoms in total. The summed E-state index contributed by atoms with van der Waals surface area (Å²) < 4.78 is 5.68. The molecule has 1 aromatic rings. The fourth-order valence-electron chi connectivity index (χ4n) is 3.91. The van der Waals surface area contributed by atoms with Crippen molar-refractivity contribution in [3.63, 3.8) is 0 Å². The highest BCUT2D eigenvalue weighted by molar-refractivity contribution is 5.85. The SMILES string of the molecule is CCc1ccc(NC(=O)OC2=C/C(C)C3(C)CCNC3NC(C)(C)/C=C\2)cc1. The molecule has 3 atom stereocenters. The highest BCUT2D eigenvalue weighted by Gasteiger charge is 2.44. The van der Waals surface area contributed by atoms with Crippen LogP contribution in [0.3, 0.4) is 0 Å². The summed E-state index contributed by atoms with van der Waals surface area (Å²) in [4.78, 5) is 12.5. The Labute approximate surface area is 168 Å². The van der Waals surface area contributed by atoms with Gasteiger partial charge in [-0.1, -0.05) is 39.0 Å². The molecular weight excluding hydrogens is 350 g/mol. The molecular formula is C23H33N3O2. The van der Waals surface area contributed by atoms with Gasteiger partial charge in [-0.2, -0.15) is 0 Å². The van der Waals surface area contributed by atoms with Crippen LogP contribution in [0.25, 0.3) is 0 Å². The molecule has 0 aliphatic carbocycles. The van der Waals surface area contributed by atoms with Gasteiger partial charge in [0.1, 0.15) is 5.76 Å². The lowest BCUT2D eigenvalue weighted by Crippen LogP contribution is -2.56. The predicted molar refractivity (Wildman–Crippen MR) is 114 cm³/mol. The van der Waals surface area contributed by atoms with E-state index < -0.39 is 6.09 Å². The van der Waals surface area contributed by atoms with Crippen molar-refractivity contribution in [2.45, 2.75) is 59.2 Å². The van der Waals surface area contributed by atoms with E-state index >= 15 is 0 Å². The first-order chi connectivity index (χ1) is 13.2. The monoisotopic (exact) mass is 383 g/mol. The smallest absolute Gasteiger partial charge is 0.410 e. The number of rotatable bonds is 3. The van der Waals surface area contributed by atoms with Crippen molar-refractivity contribution < 1.29 is 9.53 Å². The lowest BCUT2D eigenvalue weighted by molar-refractivity contribution is 0.159. The molecule has 1 fully saturated rings. The predicted octanol–water partition coefficient (Wildman–Crippen LogP) is 4.58. The number of anilines is 1. The standard InChI is InChI=1S/C23H33N3O2/c1-6-17-7-9-18(10-8-17)25-21(27)28-19-11-12-22(3,4)26-20-23(5,13-14-24-20)16(2)15-19/h7-12,15-16,20,24,26H,6,13-14H2,1-5H3,(H,25,27)/b12-11-,19-15+. The van der Waals surface area contributed by atoms with Crippen molar-refractivity contribution in [2.75, 3.05) is 11.9 Å². The molecule has 1 aromatic carbocycles. The minimum Gasteiger partial charge on any atom is -0.410 e. The Bertz CT molecular complexity index is 767. The fourth-order valence-corrected chi connectivity index (χ4v) is 3.91. The molecule has 3 unspecified atom stereocenters. The molecule has 28 heavy (non-hydrogen) atoms. The van der Waals surface area contributed by atoms with Crippen LogP contribution >= 0.6 is 0 Å². The number of aryl methyl sites for hydroxylation is 1. The molecule has 3 rings (SSSR count). The molecule has 2 aliphatic heterocycles.